The Hall–Kier alpha value is -3.38. The van der Waals surface area contributed by atoms with Gasteiger partial charge in [-0.2, -0.15) is 0 Å². The van der Waals surface area contributed by atoms with E-state index >= 15 is 0 Å². The zero-order valence-electron chi connectivity index (χ0n) is 16.1. The van der Waals surface area contributed by atoms with Crippen LogP contribution in [0.3, 0.4) is 0 Å². The van der Waals surface area contributed by atoms with E-state index in [0.717, 1.165) is 34.6 Å². The van der Waals surface area contributed by atoms with Gasteiger partial charge in [0.15, 0.2) is 12.3 Å². The molecule has 14 nitrogen and oxygen atoms in total. The summed E-state index contributed by atoms with van der Waals surface area (Å²) >= 11 is 0. The highest BCUT2D eigenvalue weighted by Crippen LogP contribution is 2.39. The van der Waals surface area contributed by atoms with Crippen LogP contribution in [-0.4, -0.2) is 60.4 Å². The van der Waals surface area contributed by atoms with E-state index in [1.54, 1.807) is 0 Å². The number of esters is 5. The first-order valence-electron chi connectivity index (χ1n) is 8.03. The van der Waals surface area contributed by atoms with Crippen molar-refractivity contribution in [1.82, 2.24) is 0 Å². The summed E-state index contributed by atoms with van der Waals surface area (Å²) in [6.07, 6.45) is -7.42. The van der Waals surface area contributed by atoms with E-state index in [1.165, 1.54) is 0 Å². The molecule has 1 fully saturated rings. The highest BCUT2D eigenvalue weighted by Gasteiger charge is 2.67. The number of carbonyl (C=O) groups is 5. The lowest BCUT2D eigenvalue weighted by Crippen LogP contribution is -2.71. The van der Waals surface area contributed by atoms with E-state index in [4.69, 9.17) is 34.0 Å². The number of azide groups is 1. The summed E-state index contributed by atoms with van der Waals surface area (Å²) in [6, 6.07) is 0. The number of ether oxygens (including phenoxy) is 6. The van der Waals surface area contributed by atoms with Gasteiger partial charge in [0, 0.05) is 39.5 Å². The van der Waals surface area contributed by atoms with E-state index in [0.29, 0.717) is 0 Å². The average molecular weight is 417 g/mol. The fourth-order valence-electron chi connectivity index (χ4n) is 2.54. The summed E-state index contributed by atoms with van der Waals surface area (Å²) in [6.45, 7) is 4.73. The highest BCUT2D eigenvalue weighted by molar-refractivity contribution is 5.71. The van der Waals surface area contributed by atoms with Crippen LogP contribution in [0.4, 0.5) is 0 Å². The van der Waals surface area contributed by atoms with E-state index in [9.17, 15) is 24.0 Å². The van der Waals surface area contributed by atoms with E-state index in [2.05, 4.69) is 10.0 Å². The molecule has 1 rings (SSSR count). The normalized spacial score (nSPS) is 24.9. The molecule has 4 atom stereocenters. The predicted octanol–water partition coefficient (Wildman–Crippen LogP) is 0.228. The number of nitrogens with zero attached hydrogens (tertiary/aromatic N) is 3. The second kappa shape index (κ2) is 9.71. The average Bonchev–Trinajstić information content (AvgIpc) is 2.53. The first-order valence-corrected chi connectivity index (χ1v) is 8.03. The molecule has 0 radical (unpaired) electrons. The van der Waals surface area contributed by atoms with Crippen molar-refractivity contribution in [2.45, 2.75) is 65.1 Å². The third-order valence-electron chi connectivity index (χ3n) is 3.21. The minimum atomic E-state index is -2.71. The molecule has 0 N–H and O–H groups in total. The van der Waals surface area contributed by atoms with Crippen LogP contribution in [0.2, 0.25) is 0 Å². The predicted molar refractivity (Wildman–Crippen MR) is 86.9 cm³/mol. The van der Waals surface area contributed by atoms with Crippen molar-refractivity contribution >= 4 is 29.8 Å². The Morgan fingerprint density at radius 3 is 1.69 bits per heavy atom. The Bertz CT molecular complexity index is 730. The van der Waals surface area contributed by atoms with Gasteiger partial charge in [-0.1, -0.05) is 5.11 Å². The van der Waals surface area contributed by atoms with Gasteiger partial charge < -0.3 is 28.4 Å². The van der Waals surface area contributed by atoms with Gasteiger partial charge in [0.05, 0.1) is 0 Å². The van der Waals surface area contributed by atoms with Crippen LogP contribution in [0.5, 0.6) is 0 Å². The summed E-state index contributed by atoms with van der Waals surface area (Å²) in [5.74, 6) is -7.73. The molecule has 0 amide bonds. The van der Waals surface area contributed by atoms with Crippen LogP contribution in [0, 0.1) is 0 Å². The maximum absolute atomic E-state index is 11.8. The van der Waals surface area contributed by atoms with Crippen LogP contribution < -0.4 is 0 Å². The summed E-state index contributed by atoms with van der Waals surface area (Å²) in [5.41, 5.74) is 8.78. The van der Waals surface area contributed by atoms with Crippen molar-refractivity contribution in [2.24, 2.45) is 5.11 Å². The van der Waals surface area contributed by atoms with Crippen LogP contribution in [0.25, 0.3) is 10.4 Å². The molecule has 0 spiro atoms. The lowest BCUT2D eigenvalue weighted by Gasteiger charge is -2.48. The largest absolute Gasteiger partial charge is 0.455 e. The molecule has 0 saturated carbocycles. The van der Waals surface area contributed by atoms with E-state index < -0.39 is 60.4 Å². The zero-order valence-corrected chi connectivity index (χ0v) is 16.1. The molecule has 0 aliphatic carbocycles. The maximum atomic E-state index is 11.8. The van der Waals surface area contributed by atoms with Crippen molar-refractivity contribution < 1.29 is 52.4 Å². The van der Waals surface area contributed by atoms with Crippen molar-refractivity contribution in [1.29, 1.82) is 0 Å². The zero-order chi connectivity index (χ0) is 22.4. The number of carbonyl (C=O) groups excluding carboxylic acids is 5. The molecule has 0 aromatic heterocycles. The summed E-state index contributed by atoms with van der Waals surface area (Å²) < 4.78 is 30.4. The fourth-order valence-corrected chi connectivity index (χ4v) is 2.54. The molecule has 1 saturated heterocycles. The minimum Gasteiger partial charge on any atom is -0.455 e. The van der Waals surface area contributed by atoms with Crippen LogP contribution >= 0.6 is 0 Å². The molecule has 0 unspecified atom stereocenters. The Kier molecular flexibility index (Phi) is 7.92. The van der Waals surface area contributed by atoms with Gasteiger partial charge in [-0.3, -0.25) is 24.0 Å². The molecule has 0 aromatic rings. The lowest BCUT2D eigenvalue weighted by atomic mass is 9.97. The Labute approximate surface area is 163 Å². The van der Waals surface area contributed by atoms with E-state index in [1.807, 2.05) is 0 Å². The molecular formula is C15H19N3O11. The standard InChI is InChI=1S/C15H19N3O11/c1-6(19)24-11-12(25-7(2)20)15(28-9(4)22,29-10(5)23)14(26-8(3)21)27-13(11)17-18-16/h11-14H,1-5H3/t11-,12+,13+,14+/m0/s1. The Morgan fingerprint density at radius 1 is 0.828 bits per heavy atom. The van der Waals surface area contributed by atoms with Gasteiger partial charge in [0.1, 0.15) is 0 Å². The Morgan fingerprint density at radius 2 is 1.31 bits per heavy atom. The molecule has 29 heavy (non-hydrogen) atoms. The maximum Gasteiger partial charge on any atom is 0.361 e. The summed E-state index contributed by atoms with van der Waals surface area (Å²) in [5, 5.41) is 3.27. The lowest BCUT2D eigenvalue weighted by molar-refractivity contribution is -0.394. The fraction of sp³-hybridized carbons (Fsp3) is 0.667. The Balaban J connectivity index is 3.75. The summed E-state index contributed by atoms with van der Waals surface area (Å²) in [4.78, 5) is 60.8. The first kappa shape index (κ1) is 23.7. The smallest absolute Gasteiger partial charge is 0.361 e. The minimum absolute atomic E-state index is 0.918. The number of hydrogen-bond donors (Lipinski definition) is 0. The molecule has 160 valence electrons. The summed E-state index contributed by atoms with van der Waals surface area (Å²) in [7, 11) is 0. The monoisotopic (exact) mass is 417 g/mol. The van der Waals surface area contributed by atoms with E-state index in [-0.39, 0.29) is 0 Å². The second-order valence-corrected chi connectivity index (χ2v) is 5.69. The second-order valence-electron chi connectivity index (χ2n) is 5.69. The van der Waals surface area contributed by atoms with Crippen LogP contribution in [-0.2, 0) is 52.4 Å². The van der Waals surface area contributed by atoms with Gasteiger partial charge in [-0.15, -0.1) is 0 Å². The highest BCUT2D eigenvalue weighted by atomic mass is 16.8. The molecule has 1 aliphatic heterocycles. The molecule has 0 aromatic carbocycles. The van der Waals surface area contributed by atoms with Crippen molar-refractivity contribution in [3.63, 3.8) is 0 Å². The molecule has 0 bridgehead atoms. The van der Waals surface area contributed by atoms with Crippen molar-refractivity contribution in [3.8, 4) is 0 Å². The molecule has 14 heteroatoms. The van der Waals surface area contributed by atoms with Gasteiger partial charge in [0.2, 0.25) is 6.10 Å². The van der Waals surface area contributed by atoms with Gasteiger partial charge in [-0.25, -0.2) is 0 Å². The first-order chi connectivity index (χ1) is 13.4. The van der Waals surface area contributed by atoms with Crippen molar-refractivity contribution in [3.05, 3.63) is 10.4 Å². The SMILES string of the molecule is CC(=O)O[C@@H]1[C@H](N=[N+]=[N-])O[C@@H](OC(C)=O)C(OC(C)=O)(OC(C)=O)[C@@H]1OC(C)=O. The number of hydrogen-bond acceptors (Lipinski definition) is 12. The third-order valence-corrected chi connectivity index (χ3v) is 3.21. The third kappa shape index (κ3) is 6.05. The van der Waals surface area contributed by atoms with Gasteiger partial charge >= 0.3 is 35.6 Å². The van der Waals surface area contributed by atoms with Gasteiger partial charge in [0.25, 0.3) is 6.29 Å². The molecule has 1 heterocycles. The quantitative estimate of drug-likeness (QED) is 0.143. The number of rotatable bonds is 6. The topological polar surface area (TPSA) is 189 Å². The van der Waals surface area contributed by atoms with Gasteiger partial charge in [-0.05, 0) is 5.53 Å². The van der Waals surface area contributed by atoms with Crippen LogP contribution in [0.15, 0.2) is 5.11 Å². The van der Waals surface area contributed by atoms with Crippen LogP contribution in [0.1, 0.15) is 34.6 Å². The molecular weight excluding hydrogens is 398 g/mol. The molecule has 1 aliphatic rings. The van der Waals surface area contributed by atoms with Crippen molar-refractivity contribution in [2.75, 3.05) is 0 Å².